The molecule has 0 fully saturated rings. The number of carbonyl (C=O) groups excluding carboxylic acids is 1. The third kappa shape index (κ3) is 5.68. The maximum absolute atomic E-state index is 10.8. The lowest BCUT2D eigenvalue weighted by Gasteiger charge is -2.15. The molecule has 0 atom stereocenters. The van der Waals surface area contributed by atoms with Gasteiger partial charge in [0.1, 0.15) is 24.4 Å². The quantitative estimate of drug-likeness (QED) is 0.261. The average Bonchev–Trinajstić information content (AvgIpc) is 3.22. The predicted octanol–water partition coefficient (Wildman–Crippen LogP) is 6.75. The Morgan fingerprint density at radius 3 is 2.33 bits per heavy atom. The Labute approximate surface area is 198 Å². The van der Waals surface area contributed by atoms with Crippen LogP contribution >= 0.6 is 11.3 Å². The van der Waals surface area contributed by atoms with Gasteiger partial charge in [0.25, 0.3) is 0 Å². The van der Waals surface area contributed by atoms with Crippen LogP contribution in [-0.2, 0) is 13.0 Å². The summed E-state index contributed by atoms with van der Waals surface area (Å²) in [5.41, 5.74) is 9.45. The maximum atomic E-state index is 10.8. The zero-order chi connectivity index (χ0) is 23.2. The summed E-state index contributed by atoms with van der Waals surface area (Å²) in [6.07, 6.45) is 1.70. The van der Waals surface area contributed by atoms with E-state index >= 15 is 0 Å². The second-order valence-electron chi connectivity index (χ2n) is 8.07. The number of thiazole rings is 1. The Hall–Kier alpha value is -3.44. The van der Waals surface area contributed by atoms with Crippen molar-refractivity contribution in [2.45, 2.75) is 33.8 Å². The van der Waals surface area contributed by atoms with Gasteiger partial charge in [-0.2, -0.15) is 0 Å². The summed E-state index contributed by atoms with van der Waals surface area (Å²) in [7, 11) is 0. The predicted molar refractivity (Wildman–Crippen MR) is 134 cm³/mol. The standard InChI is InChI=1S/C28H27NO3S/c1-19-13-26(31-12-11-27-21(3)29-18-33-27)14-20(2)28(19)24-6-4-5-23(15-24)17-32-25-9-7-22(16-30)8-10-25/h4-10,13-16,18H,11-12,17H2,1-3H3. The smallest absolute Gasteiger partial charge is 0.150 e. The van der Waals surface area contributed by atoms with Crippen molar-refractivity contribution in [1.82, 2.24) is 4.98 Å². The van der Waals surface area contributed by atoms with Gasteiger partial charge in [0, 0.05) is 16.9 Å². The summed E-state index contributed by atoms with van der Waals surface area (Å²) >= 11 is 1.68. The van der Waals surface area contributed by atoms with Crippen LogP contribution in [0, 0.1) is 20.8 Å². The number of hydrogen-bond acceptors (Lipinski definition) is 5. The Morgan fingerprint density at radius 2 is 1.67 bits per heavy atom. The van der Waals surface area contributed by atoms with E-state index in [4.69, 9.17) is 9.47 Å². The van der Waals surface area contributed by atoms with Crippen molar-refractivity contribution in [2.75, 3.05) is 6.61 Å². The lowest BCUT2D eigenvalue weighted by molar-refractivity contribution is 0.112. The minimum absolute atomic E-state index is 0.463. The van der Waals surface area contributed by atoms with Crippen molar-refractivity contribution in [3.63, 3.8) is 0 Å². The molecule has 33 heavy (non-hydrogen) atoms. The Balaban J connectivity index is 1.44. The number of carbonyl (C=O) groups is 1. The van der Waals surface area contributed by atoms with E-state index < -0.39 is 0 Å². The molecular weight excluding hydrogens is 430 g/mol. The van der Waals surface area contributed by atoms with E-state index in [9.17, 15) is 4.79 Å². The summed E-state index contributed by atoms with van der Waals surface area (Å²) in [6, 6.07) is 19.8. The second kappa shape index (κ2) is 10.5. The molecule has 4 aromatic rings. The number of aldehydes is 1. The van der Waals surface area contributed by atoms with Crippen molar-refractivity contribution in [2.24, 2.45) is 0 Å². The van der Waals surface area contributed by atoms with Gasteiger partial charge in [0.15, 0.2) is 0 Å². The first-order chi connectivity index (χ1) is 16.0. The fourth-order valence-corrected chi connectivity index (χ4v) is 4.68. The molecule has 0 aliphatic carbocycles. The molecule has 0 saturated carbocycles. The lowest BCUT2D eigenvalue weighted by Crippen LogP contribution is -2.02. The summed E-state index contributed by atoms with van der Waals surface area (Å²) in [5, 5.41) is 0. The number of ether oxygens (including phenoxy) is 2. The Morgan fingerprint density at radius 1 is 0.909 bits per heavy atom. The van der Waals surface area contributed by atoms with Crippen molar-refractivity contribution in [3.8, 4) is 22.6 Å². The maximum Gasteiger partial charge on any atom is 0.150 e. The van der Waals surface area contributed by atoms with Gasteiger partial charge in [-0.05, 0) is 91.1 Å². The summed E-state index contributed by atoms with van der Waals surface area (Å²) in [4.78, 5) is 16.4. The van der Waals surface area contributed by atoms with Crippen LogP contribution in [0.25, 0.3) is 11.1 Å². The molecule has 5 heteroatoms. The normalized spacial score (nSPS) is 10.8. The third-order valence-corrected chi connectivity index (χ3v) is 6.58. The minimum atomic E-state index is 0.463. The van der Waals surface area contributed by atoms with E-state index in [1.54, 1.807) is 23.5 Å². The highest BCUT2D eigenvalue weighted by Crippen LogP contribution is 2.32. The third-order valence-electron chi connectivity index (χ3n) is 5.59. The van der Waals surface area contributed by atoms with Crippen LogP contribution in [0.3, 0.4) is 0 Å². The fourth-order valence-electron chi connectivity index (χ4n) is 3.92. The van der Waals surface area contributed by atoms with Crippen LogP contribution in [0.2, 0.25) is 0 Å². The number of nitrogens with zero attached hydrogens (tertiary/aromatic N) is 1. The van der Waals surface area contributed by atoms with Crippen LogP contribution in [0.15, 0.2) is 66.2 Å². The van der Waals surface area contributed by atoms with Gasteiger partial charge in [-0.25, -0.2) is 4.98 Å². The second-order valence-corrected chi connectivity index (χ2v) is 9.01. The van der Waals surface area contributed by atoms with Gasteiger partial charge in [0.2, 0.25) is 0 Å². The van der Waals surface area contributed by atoms with Crippen LogP contribution in [-0.4, -0.2) is 17.9 Å². The van der Waals surface area contributed by atoms with Gasteiger partial charge in [-0.3, -0.25) is 4.79 Å². The molecule has 0 N–H and O–H groups in total. The van der Waals surface area contributed by atoms with Crippen molar-refractivity contribution in [3.05, 3.63) is 99.0 Å². The van der Waals surface area contributed by atoms with Crippen molar-refractivity contribution < 1.29 is 14.3 Å². The molecule has 0 radical (unpaired) electrons. The van der Waals surface area contributed by atoms with E-state index in [-0.39, 0.29) is 0 Å². The summed E-state index contributed by atoms with van der Waals surface area (Å²) < 4.78 is 12.0. The summed E-state index contributed by atoms with van der Waals surface area (Å²) in [5.74, 6) is 1.64. The first-order valence-corrected chi connectivity index (χ1v) is 11.8. The molecule has 0 amide bonds. The Kier molecular flexibility index (Phi) is 7.20. The molecule has 0 bridgehead atoms. The zero-order valence-corrected chi connectivity index (χ0v) is 19.9. The molecule has 3 aromatic carbocycles. The van der Waals surface area contributed by atoms with Gasteiger partial charge in [-0.1, -0.05) is 18.2 Å². The number of benzene rings is 3. The molecule has 0 unspecified atom stereocenters. The Bertz CT molecular complexity index is 1220. The molecule has 0 aliphatic rings. The van der Waals surface area contributed by atoms with Crippen LogP contribution in [0.5, 0.6) is 11.5 Å². The van der Waals surface area contributed by atoms with Gasteiger partial charge >= 0.3 is 0 Å². The monoisotopic (exact) mass is 457 g/mol. The van der Waals surface area contributed by atoms with E-state index in [0.29, 0.717) is 18.8 Å². The van der Waals surface area contributed by atoms with E-state index in [1.807, 2.05) is 24.6 Å². The molecule has 4 rings (SSSR count). The van der Waals surface area contributed by atoms with Crippen LogP contribution in [0.4, 0.5) is 0 Å². The van der Waals surface area contributed by atoms with E-state index in [0.717, 1.165) is 41.0 Å². The molecule has 0 aliphatic heterocycles. The SMILES string of the molecule is Cc1cc(OCCc2scnc2C)cc(C)c1-c1cccc(COc2ccc(C=O)cc2)c1. The zero-order valence-electron chi connectivity index (χ0n) is 19.1. The van der Waals surface area contributed by atoms with Crippen LogP contribution in [0.1, 0.15) is 37.6 Å². The number of aromatic nitrogens is 1. The highest BCUT2D eigenvalue weighted by molar-refractivity contribution is 7.09. The van der Waals surface area contributed by atoms with Gasteiger partial charge in [0.05, 0.1) is 17.8 Å². The van der Waals surface area contributed by atoms with Crippen LogP contribution < -0.4 is 9.47 Å². The number of rotatable bonds is 9. The van der Waals surface area contributed by atoms with E-state index in [1.165, 1.54) is 21.6 Å². The molecule has 0 spiro atoms. The van der Waals surface area contributed by atoms with Crippen molar-refractivity contribution in [1.29, 1.82) is 0 Å². The topological polar surface area (TPSA) is 48.4 Å². The minimum Gasteiger partial charge on any atom is -0.493 e. The van der Waals surface area contributed by atoms with Gasteiger partial charge < -0.3 is 9.47 Å². The van der Waals surface area contributed by atoms with Crippen molar-refractivity contribution >= 4 is 17.6 Å². The largest absolute Gasteiger partial charge is 0.493 e. The fraction of sp³-hybridized carbons (Fsp3) is 0.214. The molecule has 4 nitrogen and oxygen atoms in total. The molecule has 1 heterocycles. The number of hydrogen-bond donors (Lipinski definition) is 0. The first-order valence-electron chi connectivity index (χ1n) is 10.9. The average molecular weight is 458 g/mol. The molecule has 0 saturated heterocycles. The molecule has 168 valence electrons. The van der Waals surface area contributed by atoms with Gasteiger partial charge in [-0.15, -0.1) is 11.3 Å². The molecular formula is C28H27NO3S. The number of aryl methyl sites for hydroxylation is 3. The first kappa shape index (κ1) is 22.7. The summed E-state index contributed by atoms with van der Waals surface area (Å²) in [6.45, 7) is 7.39. The lowest BCUT2D eigenvalue weighted by atomic mass is 9.94. The molecule has 1 aromatic heterocycles. The highest BCUT2D eigenvalue weighted by Gasteiger charge is 2.10. The highest BCUT2D eigenvalue weighted by atomic mass is 32.1. The van der Waals surface area contributed by atoms with E-state index in [2.05, 4.69) is 55.2 Å².